The van der Waals surface area contributed by atoms with Gasteiger partial charge in [-0.3, -0.25) is 4.79 Å². The molecule has 0 spiro atoms. The Balaban J connectivity index is 2.94. The van der Waals surface area contributed by atoms with E-state index in [-0.39, 0.29) is 22.0 Å². The highest BCUT2D eigenvalue weighted by atomic mass is 32.1. The SMILES string of the molecule is C=C(NC(=S)C(C)=O)c1cccc(C(F)(F)F)c1. The summed E-state index contributed by atoms with van der Waals surface area (Å²) in [4.78, 5) is 10.8. The van der Waals surface area contributed by atoms with Crippen LogP contribution in [-0.2, 0) is 11.0 Å². The Bertz CT molecular complexity index is 508. The molecule has 0 fully saturated rings. The molecule has 1 aromatic carbocycles. The summed E-state index contributed by atoms with van der Waals surface area (Å²) >= 11 is 4.72. The van der Waals surface area contributed by atoms with E-state index in [1.54, 1.807) is 0 Å². The van der Waals surface area contributed by atoms with E-state index in [0.717, 1.165) is 12.1 Å². The molecule has 0 radical (unpaired) electrons. The number of hydrogen-bond donors (Lipinski definition) is 1. The molecule has 6 heteroatoms. The van der Waals surface area contributed by atoms with Crippen molar-refractivity contribution in [2.45, 2.75) is 13.1 Å². The van der Waals surface area contributed by atoms with Crippen molar-refractivity contribution in [1.82, 2.24) is 5.32 Å². The lowest BCUT2D eigenvalue weighted by atomic mass is 10.1. The average Bonchev–Trinajstić information content (AvgIpc) is 2.27. The van der Waals surface area contributed by atoms with Gasteiger partial charge in [-0.1, -0.05) is 30.9 Å². The van der Waals surface area contributed by atoms with Gasteiger partial charge in [0.15, 0.2) is 5.78 Å². The summed E-state index contributed by atoms with van der Waals surface area (Å²) in [6, 6.07) is 4.62. The molecule has 1 rings (SSSR count). The van der Waals surface area contributed by atoms with Crippen LogP contribution >= 0.6 is 12.2 Å². The molecule has 0 amide bonds. The third-order valence-electron chi connectivity index (χ3n) is 2.12. The molecule has 18 heavy (non-hydrogen) atoms. The first-order chi connectivity index (χ1) is 8.21. The van der Waals surface area contributed by atoms with Gasteiger partial charge in [0, 0.05) is 12.6 Å². The number of nitrogens with one attached hydrogen (secondary N) is 1. The van der Waals surface area contributed by atoms with E-state index in [0.29, 0.717) is 0 Å². The number of benzene rings is 1. The van der Waals surface area contributed by atoms with Crippen molar-refractivity contribution in [3.05, 3.63) is 42.0 Å². The number of ketones is 1. The minimum atomic E-state index is -4.42. The molecule has 0 heterocycles. The van der Waals surface area contributed by atoms with Crippen molar-refractivity contribution in [1.29, 1.82) is 0 Å². The van der Waals surface area contributed by atoms with E-state index in [9.17, 15) is 18.0 Å². The van der Waals surface area contributed by atoms with E-state index in [4.69, 9.17) is 12.2 Å². The maximum atomic E-state index is 12.5. The summed E-state index contributed by atoms with van der Waals surface area (Å²) in [6.45, 7) is 4.81. The number of alkyl halides is 3. The van der Waals surface area contributed by atoms with Crippen molar-refractivity contribution in [3.63, 3.8) is 0 Å². The van der Waals surface area contributed by atoms with Crippen LogP contribution in [0.1, 0.15) is 18.1 Å². The fourth-order valence-electron chi connectivity index (χ4n) is 1.18. The standard InChI is InChI=1S/C12H10F3NOS/c1-7(16-11(18)8(2)17)9-4-3-5-10(6-9)12(13,14)15/h3-6H,1H2,2H3,(H,16,18). The van der Waals surface area contributed by atoms with Crippen LogP contribution in [0.4, 0.5) is 13.2 Å². The lowest BCUT2D eigenvalue weighted by molar-refractivity contribution is -0.137. The molecule has 1 aromatic rings. The van der Waals surface area contributed by atoms with Gasteiger partial charge in [-0.2, -0.15) is 13.2 Å². The molecular weight excluding hydrogens is 263 g/mol. The highest BCUT2D eigenvalue weighted by Gasteiger charge is 2.30. The number of rotatable bonds is 3. The van der Waals surface area contributed by atoms with Gasteiger partial charge in [0.05, 0.1) is 5.56 Å². The van der Waals surface area contributed by atoms with Crippen molar-refractivity contribution in [2.75, 3.05) is 0 Å². The summed E-state index contributed by atoms with van der Waals surface area (Å²) in [5.41, 5.74) is -0.397. The number of thiocarbonyl (C=S) groups is 1. The summed E-state index contributed by atoms with van der Waals surface area (Å²) in [6.07, 6.45) is -4.42. The molecule has 0 bridgehead atoms. The first-order valence-electron chi connectivity index (χ1n) is 4.90. The molecule has 0 unspecified atom stereocenters. The largest absolute Gasteiger partial charge is 0.416 e. The minimum Gasteiger partial charge on any atom is -0.344 e. The maximum Gasteiger partial charge on any atom is 0.416 e. The number of hydrogen-bond acceptors (Lipinski definition) is 2. The first kappa shape index (κ1) is 14.4. The molecule has 0 atom stereocenters. The van der Waals surface area contributed by atoms with E-state index >= 15 is 0 Å². The van der Waals surface area contributed by atoms with Gasteiger partial charge in [-0.05, 0) is 17.7 Å². The zero-order valence-corrected chi connectivity index (χ0v) is 10.3. The van der Waals surface area contributed by atoms with Gasteiger partial charge in [-0.25, -0.2) is 0 Å². The van der Waals surface area contributed by atoms with Crippen LogP contribution in [0.5, 0.6) is 0 Å². The zero-order chi connectivity index (χ0) is 13.9. The highest BCUT2D eigenvalue weighted by Crippen LogP contribution is 2.30. The lowest BCUT2D eigenvalue weighted by Gasteiger charge is -2.11. The van der Waals surface area contributed by atoms with Crippen LogP contribution in [0.2, 0.25) is 0 Å². The Morgan fingerprint density at radius 2 is 2.00 bits per heavy atom. The van der Waals surface area contributed by atoms with Crippen LogP contribution in [0.3, 0.4) is 0 Å². The predicted molar refractivity (Wildman–Crippen MR) is 66.9 cm³/mol. The van der Waals surface area contributed by atoms with E-state index in [2.05, 4.69) is 11.9 Å². The molecule has 96 valence electrons. The molecular formula is C12H10F3NOS. The molecule has 2 nitrogen and oxygen atoms in total. The second-order valence-corrected chi connectivity index (χ2v) is 3.98. The second kappa shape index (κ2) is 5.30. The number of carbonyl (C=O) groups is 1. The van der Waals surface area contributed by atoms with Crippen LogP contribution in [0, 0.1) is 0 Å². The van der Waals surface area contributed by atoms with Crippen LogP contribution < -0.4 is 5.32 Å². The summed E-state index contributed by atoms with van der Waals surface area (Å²) in [5.74, 6) is -0.377. The fraction of sp³-hybridized carbons (Fsp3) is 0.167. The molecule has 0 saturated heterocycles. The topological polar surface area (TPSA) is 29.1 Å². The Labute approximate surface area is 107 Å². The average molecular weight is 273 g/mol. The highest BCUT2D eigenvalue weighted by molar-refractivity contribution is 7.82. The maximum absolute atomic E-state index is 12.5. The van der Waals surface area contributed by atoms with Gasteiger partial charge >= 0.3 is 6.18 Å². The molecule has 0 aliphatic rings. The molecule has 0 aromatic heterocycles. The summed E-state index contributed by atoms with van der Waals surface area (Å²) in [5, 5.41) is 2.49. The monoisotopic (exact) mass is 273 g/mol. The van der Waals surface area contributed by atoms with Crippen LogP contribution in [0.15, 0.2) is 30.8 Å². The summed E-state index contributed by atoms with van der Waals surface area (Å²) in [7, 11) is 0. The van der Waals surface area contributed by atoms with Crippen molar-refractivity contribution >= 4 is 28.7 Å². The zero-order valence-electron chi connectivity index (χ0n) is 9.47. The Hall–Kier alpha value is -1.69. The minimum absolute atomic E-state index is 0.0857. The Kier molecular flexibility index (Phi) is 4.24. The normalized spacial score (nSPS) is 10.9. The van der Waals surface area contributed by atoms with E-state index < -0.39 is 11.7 Å². The van der Waals surface area contributed by atoms with Gasteiger partial charge in [0.2, 0.25) is 0 Å². The quantitative estimate of drug-likeness (QED) is 0.858. The summed E-state index contributed by atoms with van der Waals surface area (Å²) < 4.78 is 37.5. The van der Waals surface area contributed by atoms with Crippen molar-refractivity contribution in [2.24, 2.45) is 0 Å². The number of Topliss-reactive ketones (excluding diaryl/α,β-unsaturated/α-hetero) is 1. The molecule has 0 aliphatic heterocycles. The third kappa shape index (κ3) is 3.66. The van der Waals surface area contributed by atoms with E-state index in [1.165, 1.54) is 19.1 Å². The van der Waals surface area contributed by atoms with Gasteiger partial charge < -0.3 is 5.32 Å². The van der Waals surface area contributed by atoms with Gasteiger partial charge in [0.25, 0.3) is 0 Å². The smallest absolute Gasteiger partial charge is 0.344 e. The Morgan fingerprint density at radius 3 is 2.50 bits per heavy atom. The molecule has 0 saturated carbocycles. The second-order valence-electron chi connectivity index (χ2n) is 3.57. The lowest BCUT2D eigenvalue weighted by Crippen LogP contribution is -2.25. The van der Waals surface area contributed by atoms with Crippen molar-refractivity contribution in [3.8, 4) is 0 Å². The molecule has 0 aliphatic carbocycles. The number of carbonyl (C=O) groups excluding carboxylic acids is 1. The van der Waals surface area contributed by atoms with Gasteiger partial charge in [0.1, 0.15) is 4.99 Å². The van der Waals surface area contributed by atoms with Crippen molar-refractivity contribution < 1.29 is 18.0 Å². The van der Waals surface area contributed by atoms with E-state index in [1.807, 2.05) is 0 Å². The van der Waals surface area contributed by atoms with Gasteiger partial charge in [-0.15, -0.1) is 0 Å². The predicted octanol–water partition coefficient (Wildman–Crippen LogP) is 3.18. The van der Waals surface area contributed by atoms with Crippen LogP contribution in [0.25, 0.3) is 5.70 Å². The number of halogens is 3. The molecule has 1 N–H and O–H groups in total. The fourth-order valence-corrected chi connectivity index (χ4v) is 1.30. The third-order valence-corrected chi connectivity index (χ3v) is 2.51. The van der Waals surface area contributed by atoms with Crippen LogP contribution in [-0.4, -0.2) is 10.8 Å². The Morgan fingerprint density at radius 1 is 1.39 bits per heavy atom. The first-order valence-corrected chi connectivity index (χ1v) is 5.31.